The fourth-order valence-corrected chi connectivity index (χ4v) is 3.78. The fourth-order valence-electron chi connectivity index (χ4n) is 3.78. The molecule has 1 aliphatic rings. The minimum Gasteiger partial charge on any atom is -0.354 e. The third kappa shape index (κ3) is 4.94. The Morgan fingerprint density at radius 3 is 2.22 bits per heavy atom. The predicted octanol–water partition coefficient (Wildman–Crippen LogP) is 3.57. The Labute approximate surface area is 159 Å². The molecule has 27 heavy (non-hydrogen) atoms. The first kappa shape index (κ1) is 19.1. The van der Waals surface area contributed by atoms with Crippen LogP contribution in [0.4, 0.5) is 4.39 Å². The maximum atomic E-state index is 13.3. The molecule has 1 aliphatic carbocycles. The zero-order valence-electron chi connectivity index (χ0n) is 15.3. The maximum absolute atomic E-state index is 13.3. The highest BCUT2D eigenvalue weighted by Crippen LogP contribution is 2.39. The summed E-state index contributed by atoms with van der Waals surface area (Å²) >= 11 is 0. The van der Waals surface area contributed by atoms with Gasteiger partial charge in [-0.05, 0) is 42.7 Å². The molecule has 5 heteroatoms. The van der Waals surface area contributed by atoms with Crippen molar-refractivity contribution in [2.75, 3.05) is 13.1 Å². The van der Waals surface area contributed by atoms with Gasteiger partial charge in [0.25, 0.3) is 5.91 Å². The predicted molar refractivity (Wildman–Crippen MR) is 103 cm³/mol. The Hall–Kier alpha value is -2.69. The molecule has 0 bridgehead atoms. The van der Waals surface area contributed by atoms with E-state index in [0.29, 0.717) is 12.1 Å². The summed E-state index contributed by atoms with van der Waals surface area (Å²) in [6.45, 7) is 0.436. The van der Waals surface area contributed by atoms with E-state index in [9.17, 15) is 14.0 Å². The van der Waals surface area contributed by atoms with Crippen molar-refractivity contribution in [3.8, 4) is 0 Å². The molecule has 2 amide bonds. The molecule has 0 radical (unpaired) electrons. The van der Waals surface area contributed by atoms with Crippen LogP contribution < -0.4 is 10.6 Å². The highest BCUT2D eigenvalue weighted by atomic mass is 19.1. The van der Waals surface area contributed by atoms with Gasteiger partial charge in [-0.2, -0.15) is 0 Å². The molecule has 2 N–H and O–H groups in total. The zero-order chi connectivity index (χ0) is 19.1. The first-order chi connectivity index (χ1) is 13.1. The molecule has 0 aromatic heterocycles. The molecular weight excluding hydrogens is 343 g/mol. The Morgan fingerprint density at radius 2 is 1.56 bits per heavy atom. The van der Waals surface area contributed by atoms with E-state index in [-0.39, 0.29) is 29.6 Å². The minimum atomic E-state index is -0.267. The monoisotopic (exact) mass is 368 g/mol. The van der Waals surface area contributed by atoms with Gasteiger partial charge >= 0.3 is 0 Å². The van der Waals surface area contributed by atoms with Gasteiger partial charge in [0.1, 0.15) is 5.82 Å². The van der Waals surface area contributed by atoms with Gasteiger partial charge in [0.15, 0.2) is 0 Å². The maximum Gasteiger partial charge on any atom is 0.251 e. The number of benzene rings is 2. The lowest BCUT2D eigenvalue weighted by atomic mass is 9.69. The number of nitrogens with one attached hydrogen (secondary N) is 2. The molecule has 0 spiro atoms. The van der Waals surface area contributed by atoms with Crippen LogP contribution in [0.3, 0.4) is 0 Å². The molecule has 1 saturated carbocycles. The van der Waals surface area contributed by atoms with Crippen LogP contribution in [0, 0.1) is 5.82 Å². The van der Waals surface area contributed by atoms with E-state index >= 15 is 0 Å². The lowest BCUT2D eigenvalue weighted by molar-refractivity contribution is -0.120. The smallest absolute Gasteiger partial charge is 0.251 e. The van der Waals surface area contributed by atoms with Crippen molar-refractivity contribution in [2.45, 2.75) is 37.5 Å². The number of hydrogen-bond acceptors (Lipinski definition) is 2. The van der Waals surface area contributed by atoms with Crippen LogP contribution in [0.15, 0.2) is 54.6 Å². The van der Waals surface area contributed by atoms with Crippen molar-refractivity contribution in [3.05, 3.63) is 71.5 Å². The molecule has 0 aliphatic heterocycles. The van der Waals surface area contributed by atoms with Crippen LogP contribution in [0.1, 0.15) is 48.0 Å². The molecule has 2 aromatic rings. The van der Waals surface area contributed by atoms with E-state index in [2.05, 4.69) is 10.6 Å². The molecule has 3 rings (SSSR count). The standard InChI is InChI=1S/C22H25FN2O2/c23-19-11-9-18(10-12-19)22(13-5-2-6-14-22)16-25-20(26)15-24-21(27)17-7-3-1-4-8-17/h1,3-4,7-12H,2,5-6,13-16H2,(H,24,27)(H,25,26). The van der Waals surface area contributed by atoms with Crippen LogP contribution >= 0.6 is 0 Å². The van der Waals surface area contributed by atoms with Gasteiger partial charge < -0.3 is 10.6 Å². The van der Waals surface area contributed by atoms with E-state index in [0.717, 1.165) is 31.2 Å². The molecule has 4 nitrogen and oxygen atoms in total. The fraction of sp³-hybridized carbons (Fsp3) is 0.364. The largest absolute Gasteiger partial charge is 0.354 e. The van der Waals surface area contributed by atoms with Gasteiger partial charge in [-0.15, -0.1) is 0 Å². The van der Waals surface area contributed by atoms with Gasteiger partial charge in [0.2, 0.25) is 5.91 Å². The summed E-state index contributed by atoms with van der Waals surface area (Å²) in [7, 11) is 0. The van der Waals surface area contributed by atoms with Gasteiger partial charge in [0.05, 0.1) is 6.54 Å². The highest BCUT2D eigenvalue weighted by Gasteiger charge is 2.34. The Morgan fingerprint density at radius 1 is 0.889 bits per heavy atom. The normalized spacial score (nSPS) is 15.7. The van der Waals surface area contributed by atoms with E-state index in [4.69, 9.17) is 0 Å². The van der Waals surface area contributed by atoms with E-state index in [1.807, 2.05) is 18.2 Å². The third-order valence-electron chi connectivity index (χ3n) is 5.34. The molecule has 0 atom stereocenters. The molecule has 142 valence electrons. The van der Waals surface area contributed by atoms with Gasteiger partial charge in [-0.3, -0.25) is 9.59 Å². The molecule has 2 aromatic carbocycles. The zero-order valence-corrected chi connectivity index (χ0v) is 15.3. The third-order valence-corrected chi connectivity index (χ3v) is 5.34. The summed E-state index contributed by atoms with van der Waals surface area (Å²) in [5.74, 6) is -0.736. The SMILES string of the molecule is O=C(CNC(=O)c1ccccc1)NCC1(c2ccc(F)cc2)CCCCC1. The molecule has 0 unspecified atom stereocenters. The summed E-state index contributed by atoms with van der Waals surface area (Å²) in [5.41, 5.74) is 1.43. The van der Waals surface area contributed by atoms with E-state index in [1.54, 1.807) is 24.3 Å². The van der Waals surface area contributed by atoms with Crippen molar-refractivity contribution < 1.29 is 14.0 Å². The van der Waals surface area contributed by atoms with Gasteiger partial charge in [0, 0.05) is 17.5 Å². The lowest BCUT2D eigenvalue weighted by Gasteiger charge is -2.38. The lowest BCUT2D eigenvalue weighted by Crippen LogP contribution is -2.45. The Bertz CT molecular complexity index is 769. The first-order valence-corrected chi connectivity index (χ1v) is 9.45. The van der Waals surface area contributed by atoms with Crippen molar-refractivity contribution in [3.63, 3.8) is 0 Å². The van der Waals surface area contributed by atoms with Gasteiger partial charge in [-0.25, -0.2) is 4.39 Å². The van der Waals surface area contributed by atoms with Crippen LogP contribution in [0.25, 0.3) is 0 Å². The number of carbonyl (C=O) groups excluding carboxylic acids is 2. The first-order valence-electron chi connectivity index (χ1n) is 9.45. The summed E-state index contributed by atoms with van der Waals surface area (Å²) < 4.78 is 13.3. The van der Waals surface area contributed by atoms with Crippen molar-refractivity contribution in [1.29, 1.82) is 0 Å². The average Bonchev–Trinajstić information content (AvgIpc) is 2.72. The topological polar surface area (TPSA) is 58.2 Å². The summed E-state index contributed by atoms with van der Waals surface area (Å²) in [4.78, 5) is 24.3. The van der Waals surface area contributed by atoms with Crippen LogP contribution in [-0.4, -0.2) is 24.9 Å². The number of halogens is 1. The minimum absolute atomic E-state index is 0.0623. The number of hydrogen-bond donors (Lipinski definition) is 2. The van der Waals surface area contributed by atoms with Gasteiger partial charge in [-0.1, -0.05) is 49.6 Å². The quantitative estimate of drug-likeness (QED) is 0.819. The second-order valence-electron chi connectivity index (χ2n) is 7.17. The molecule has 1 fully saturated rings. The Balaban J connectivity index is 1.58. The number of amides is 2. The highest BCUT2D eigenvalue weighted by molar-refractivity contribution is 5.96. The van der Waals surface area contributed by atoms with Crippen molar-refractivity contribution >= 4 is 11.8 Å². The van der Waals surface area contributed by atoms with Crippen LogP contribution in [-0.2, 0) is 10.2 Å². The molecule has 0 saturated heterocycles. The Kier molecular flexibility index (Phi) is 6.22. The summed E-state index contributed by atoms with van der Waals surface area (Å²) in [6, 6.07) is 15.4. The van der Waals surface area contributed by atoms with Crippen molar-refractivity contribution in [2.24, 2.45) is 0 Å². The van der Waals surface area contributed by atoms with Crippen molar-refractivity contribution in [1.82, 2.24) is 10.6 Å². The molecular formula is C22H25FN2O2. The summed E-state index contributed by atoms with van der Waals surface area (Å²) in [5, 5.41) is 5.61. The average molecular weight is 368 g/mol. The van der Waals surface area contributed by atoms with Crippen LogP contribution in [0.5, 0.6) is 0 Å². The number of rotatable bonds is 6. The second-order valence-corrected chi connectivity index (χ2v) is 7.17. The second kappa shape index (κ2) is 8.80. The molecule has 0 heterocycles. The summed E-state index contributed by atoms with van der Waals surface area (Å²) in [6.07, 6.45) is 5.31. The number of carbonyl (C=O) groups is 2. The van der Waals surface area contributed by atoms with Crippen LogP contribution in [0.2, 0.25) is 0 Å². The van der Waals surface area contributed by atoms with E-state index in [1.165, 1.54) is 18.6 Å². The van der Waals surface area contributed by atoms with E-state index < -0.39 is 0 Å².